The first-order valence-electron chi connectivity index (χ1n) is 13.5. The maximum absolute atomic E-state index is 14.7. The fourth-order valence-electron chi connectivity index (χ4n) is 5.92. The SMILES string of the molecule is C=CC1CCC(c2ccc(COC(F)(F)Cc3ccc(C4CCC(/C=C/C)CC4)cc3)c(F)c2)CC1. The van der Waals surface area contributed by atoms with Crippen LogP contribution in [0.5, 0.6) is 0 Å². The summed E-state index contributed by atoms with van der Waals surface area (Å²) in [5, 5.41) is 0. The van der Waals surface area contributed by atoms with Crippen LogP contribution in [-0.4, -0.2) is 6.11 Å². The Morgan fingerprint density at radius 1 is 0.861 bits per heavy atom. The molecule has 2 saturated carbocycles. The predicted octanol–water partition coefficient (Wildman–Crippen LogP) is 9.49. The highest BCUT2D eigenvalue weighted by Gasteiger charge is 2.31. The Morgan fingerprint density at radius 3 is 2.03 bits per heavy atom. The molecular weight excluding hydrogens is 457 g/mol. The average molecular weight is 497 g/mol. The van der Waals surface area contributed by atoms with E-state index in [9.17, 15) is 13.2 Å². The van der Waals surface area contributed by atoms with E-state index in [4.69, 9.17) is 4.74 Å². The lowest BCUT2D eigenvalue weighted by Crippen LogP contribution is -2.24. The summed E-state index contributed by atoms with van der Waals surface area (Å²) < 4.78 is 48.8. The van der Waals surface area contributed by atoms with Crippen LogP contribution in [0.4, 0.5) is 13.2 Å². The first-order chi connectivity index (χ1) is 17.4. The first kappa shape index (κ1) is 26.7. The molecule has 0 atom stereocenters. The van der Waals surface area contributed by atoms with E-state index in [0.717, 1.165) is 44.1 Å². The van der Waals surface area contributed by atoms with Gasteiger partial charge in [0.05, 0.1) is 13.0 Å². The zero-order valence-electron chi connectivity index (χ0n) is 21.4. The molecule has 194 valence electrons. The van der Waals surface area contributed by atoms with Crippen LogP contribution in [0.3, 0.4) is 0 Å². The van der Waals surface area contributed by atoms with Crippen LogP contribution in [0.1, 0.15) is 92.4 Å². The third kappa shape index (κ3) is 7.12. The van der Waals surface area contributed by atoms with Crippen molar-refractivity contribution < 1.29 is 17.9 Å². The van der Waals surface area contributed by atoms with E-state index in [-0.39, 0.29) is 5.56 Å². The van der Waals surface area contributed by atoms with Crippen LogP contribution in [-0.2, 0) is 17.8 Å². The lowest BCUT2D eigenvalue weighted by atomic mass is 9.78. The van der Waals surface area contributed by atoms with E-state index in [2.05, 4.69) is 25.7 Å². The van der Waals surface area contributed by atoms with Crippen molar-refractivity contribution in [1.29, 1.82) is 0 Å². The van der Waals surface area contributed by atoms with Crippen LogP contribution >= 0.6 is 0 Å². The molecule has 2 aliphatic rings. The van der Waals surface area contributed by atoms with Crippen LogP contribution in [0.15, 0.2) is 67.3 Å². The Labute approximate surface area is 214 Å². The second kappa shape index (κ2) is 12.3. The van der Waals surface area contributed by atoms with Gasteiger partial charge in [0.25, 0.3) is 0 Å². The number of ether oxygens (including phenoxy) is 1. The van der Waals surface area contributed by atoms with Gasteiger partial charge >= 0.3 is 6.11 Å². The number of hydrogen-bond acceptors (Lipinski definition) is 1. The lowest BCUT2D eigenvalue weighted by molar-refractivity contribution is -0.244. The molecule has 0 N–H and O–H groups in total. The molecule has 2 aromatic rings. The van der Waals surface area contributed by atoms with Crippen LogP contribution in [0.25, 0.3) is 0 Å². The summed E-state index contributed by atoms with van der Waals surface area (Å²) in [4.78, 5) is 0. The second-order valence-corrected chi connectivity index (χ2v) is 10.7. The molecule has 0 unspecified atom stereocenters. The summed E-state index contributed by atoms with van der Waals surface area (Å²) in [5.74, 6) is 1.56. The summed E-state index contributed by atoms with van der Waals surface area (Å²) in [7, 11) is 0. The summed E-state index contributed by atoms with van der Waals surface area (Å²) in [5.41, 5.74) is 2.86. The Balaban J connectivity index is 1.28. The summed E-state index contributed by atoms with van der Waals surface area (Å²) in [6, 6.07) is 12.5. The van der Waals surface area contributed by atoms with Crippen LogP contribution < -0.4 is 0 Å². The molecule has 0 aliphatic heterocycles. The molecule has 36 heavy (non-hydrogen) atoms. The van der Waals surface area contributed by atoms with E-state index >= 15 is 0 Å². The quantitative estimate of drug-likeness (QED) is 0.314. The van der Waals surface area contributed by atoms with Gasteiger partial charge in [-0.2, -0.15) is 8.78 Å². The molecule has 0 saturated heterocycles. The lowest BCUT2D eigenvalue weighted by Gasteiger charge is -2.27. The molecule has 2 aliphatic carbocycles. The molecule has 4 heteroatoms. The van der Waals surface area contributed by atoms with Crippen molar-refractivity contribution in [3.63, 3.8) is 0 Å². The Hall–Kier alpha value is -2.33. The molecule has 1 nitrogen and oxygen atoms in total. The van der Waals surface area contributed by atoms with Gasteiger partial charge in [-0.3, -0.25) is 0 Å². The number of alkyl halides is 2. The highest BCUT2D eigenvalue weighted by molar-refractivity contribution is 5.28. The minimum absolute atomic E-state index is 0.169. The largest absolute Gasteiger partial charge is 0.360 e. The highest BCUT2D eigenvalue weighted by Crippen LogP contribution is 2.38. The molecule has 0 heterocycles. The molecule has 0 spiro atoms. The maximum Gasteiger partial charge on any atom is 0.360 e. The van der Waals surface area contributed by atoms with Crippen molar-refractivity contribution in [2.24, 2.45) is 11.8 Å². The summed E-state index contributed by atoms with van der Waals surface area (Å²) in [6.07, 6.45) is 11.3. The molecule has 0 aromatic heterocycles. The number of halogens is 3. The number of allylic oxidation sites excluding steroid dienone is 3. The minimum Gasteiger partial charge on any atom is -0.315 e. The third-order valence-electron chi connectivity index (χ3n) is 8.19. The van der Waals surface area contributed by atoms with E-state index in [1.807, 2.05) is 24.3 Å². The van der Waals surface area contributed by atoms with Crippen molar-refractivity contribution in [3.05, 3.63) is 95.3 Å². The van der Waals surface area contributed by atoms with Gasteiger partial charge in [-0.15, -0.1) is 6.58 Å². The zero-order chi connectivity index (χ0) is 25.5. The Morgan fingerprint density at radius 2 is 1.44 bits per heavy atom. The summed E-state index contributed by atoms with van der Waals surface area (Å²) >= 11 is 0. The standard InChI is InChI=1S/C32H39F3O/c1-3-5-24-8-14-26(15-9-24)27-16-10-25(11-17-27)21-32(34,35)36-22-30-19-18-29(20-31(30)33)28-12-6-23(4-2)7-13-28/h3-5,10-11,16-20,23-24,26,28H,2,6-9,12-15,21-22H2,1H3/b5-3+. The first-order valence-corrected chi connectivity index (χ1v) is 13.5. The maximum atomic E-state index is 14.7. The van der Waals surface area contributed by atoms with Gasteiger partial charge in [-0.05, 0) is 105 Å². The van der Waals surface area contributed by atoms with E-state index in [1.165, 1.54) is 24.5 Å². The molecule has 2 fully saturated rings. The topological polar surface area (TPSA) is 9.23 Å². The van der Waals surface area contributed by atoms with Crippen molar-refractivity contribution in [2.45, 2.75) is 89.3 Å². The van der Waals surface area contributed by atoms with Gasteiger partial charge in [-0.25, -0.2) is 4.39 Å². The number of benzene rings is 2. The molecule has 2 aromatic carbocycles. The molecule has 0 bridgehead atoms. The van der Waals surface area contributed by atoms with Gasteiger partial charge in [-0.1, -0.05) is 54.6 Å². The van der Waals surface area contributed by atoms with Gasteiger partial charge < -0.3 is 4.74 Å². The normalized spacial score (nSPS) is 25.2. The van der Waals surface area contributed by atoms with Gasteiger partial charge in [0.2, 0.25) is 0 Å². The number of hydrogen-bond donors (Lipinski definition) is 0. The smallest absolute Gasteiger partial charge is 0.315 e. The highest BCUT2D eigenvalue weighted by atomic mass is 19.3. The molecular formula is C32H39F3O. The van der Waals surface area contributed by atoms with Gasteiger partial charge in [0.15, 0.2) is 0 Å². The third-order valence-corrected chi connectivity index (χ3v) is 8.19. The monoisotopic (exact) mass is 496 g/mol. The fraction of sp³-hybridized carbons (Fsp3) is 0.500. The van der Waals surface area contributed by atoms with Crippen molar-refractivity contribution in [1.82, 2.24) is 0 Å². The van der Waals surface area contributed by atoms with Crippen molar-refractivity contribution >= 4 is 0 Å². The Kier molecular flexibility index (Phi) is 9.11. The Bertz CT molecular complexity index is 1010. The number of rotatable bonds is 9. The molecule has 0 amide bonds. The van der Waals surface area contributed by atoms with E-state index in [0.29, 0.717) is 29.2 Å². The van der Waals surface area contributed by atoms with Crippen LogP contribution in [0.2, 0.25) is 0 Å². The van der Waals surface area contributed by atoms with Gasteiger partial charge in [0.1, 0.15) is 5.82 Å². The average Bonchev–Trinajstić information content (AvgIpc) is 2.89. The minimum atomic E-state index is -3.36. The fourth-order valence-corrected chi connectivity index (χ4v) is 5.92. The van der Waals surface area contributed by atoms with Crippen molar-refractivity contribution in [3.8, 4) is 0 Å². The second-order valence-electron chi connectivity index (χ2n) is 10.7. The van der Waals surface area contributed by atoms with Crippen LogP contribution in [0, 0.1) is 17.7 Å². The molecule has 4 rings (SSSR count). The zero-order valence-corrected chi connectivity index (χ0v) is 21.4. The molecule has 0 radical (unpaired) electrons. The summed E-state index contributed by atoms with van der Waals surface area (Å²) in [6.45, 7) is 5.48. The van der Waals surface area contributed by atoms with E-state index in [1.54, 1.807) is 18.2 Å². The van der Waals surface area contributed by atoms with E-state index < -0.39 is 25.0 Å². The van der Waals surface area contributed by atoms with Crippen molar-refractivity contribution in [2.75, 3.05) is 0 Å². The predicted molar refractivity (Wildman–Crippen MR) is 141 cm³/mol. The van der Waals surface area contributed by atoms with Gasteiger partial charge in [0, 0.05) is 5.56 Å².